The van der Waals surface area contributed by atoms with Crippen molar-refractivity contribution in [3.05, 3.63) is 34.9 Å². The van der Waals surface area contributed by atoms with Gasteiger partial charge in [-0.05, 0) is 56.6 Å². The molecule has 1 aromatic rings. The third kappa shape index (κ3) is 6.23. The third-order valence-corrected chi connectivity index (χ3v) is 5.54. The monoisotopic (exact) mass is 379 g/mol. The van der Waals surface area contributed by atoms with Gasteiger partial charge in [0.05, 0.1) is 13.2 Å². The minimum Gasteiger partial charge on any atom is -0.379 e. The second-order valence-electron chi connectivity index (χ2n) is 7.28. The minimum atomic E-state index is 0.161. The highest BCUT2D eigenvalue weighted by Gasteiger charge is 2.24. The van der Waals surface area contributed by atoms with Gasteiger partial charge in [-0.2, -0.15) is 0 Å². The summed E-state index contributed by atoms with van der Waals surface area (Å²) in [5, 5.41) is 3.92. The Labute approximate surface area is 161 Å². The molecule has 2 aliphatic heterocycles. The van der Waals surface area contributed by atoms with Gasteiger partial charge >= 0.3 is 0 Å². The van der Waals surface area contributed by atoms with E-state index in [4.69, 9.17) is 16.3 Å². The smallest absolute Gasteiger partial charge is 0.223 e. The van der Waals surface area contributed by atoms with Crippen molar-refractivity contribution in [3.8, 4) is 0 Å². The predicted octanol–water partition coefficient (Wildman–Crippen LogP) is 2.39. The van der Waals surface area contributed by atoms with Gasteiger partial charge in [0.2, 0.25) is 5.91 Å². The Bertz CT molecular complexity index is 570. The predicted molar refractivity (Wildman–Crippen MR) is 104 cm³/mol. The van der Waals surface area contributed by atoms with Crippen molar-refractivity contribution < 1.29 is 9.53 Å². The lowest BCUT2D eigenvalue weighted by atomic mass is 9.95. The standard InChI is InChI=1S/C20H30ClN3O2/c21-19-4-1-3-17(15-19)16-24-9-5-18(6-10-24)20(25)22-7-2-8-23-11-13-26-14-12-23/h1,3-4,15,18H,2,5-14,16H2,(H,22,25). The van der Waals surface area contributed by atoms with Gasteiger partial charge in [0.1, 0.15) is 0 Å². The number of nitrogens with one attached hydrogen (secondary N) is 1. The van der Waals surface area contributed by atoms with Crippen LogP contribution in [0.2, 0.25) is 5.02 Å². The number of hydrogen-bond acceptors (Lipinski definition) is 4. The zero-order valence-electron chi connectivity index (χ0n) is 15.5. The molecule has 0 aliphatic carbocycles. The van der Waals surface area contributed by atoms with Crippen LogP contribution in [-0.2, 0) is 16.1 Å². The summed E-state index contributed by atoms with van der Waals surface area (Å²) in [6, 6.07) is 8.03. The molecule has 2 heterocycles. The summed E-state index contributed by atoms with van der Waals surface area (Å²) in [5.41, 5.74) is 1.24. The van der Waals surface area contributed by atoms with Crippen LogP contribution in [0.1, 0.15) is 24.8 Å². The van der Waals surface area contributed by atoms with Gasteiger partial charge in [0.25, 0.3) is 0 Å². The van der Waals surface area contributed by atoms with Gasteiger partial charge in [0.15, 0.2) is 0 Å². The second-order valence-corrected chi connectivity index (χ2v) is 7.72. The molecule has 2 aliphatic rings. The van der Waals surface area contributed by atoms with E-state index in [1.54, 1.807) is 0 Å². The zero-order chi connectivity index (χ0) is 18.2. The van der Waals surface area contributed by atoms with Crippen molar-refractivity contribution in [2.75, 3.05) is 52.5 Å². The molecule has 0 atom stereocenters. The van der Waals surface area contributed by atoms with Crippen LogP contribution in [0.15, 0.2) is 24.3 Å². The van der Waals surface area contributed by atoms with E-state index in [0.717, 1.165) is 83.3 Å². The van der Waals surface area contributed by atoms with E-state index in [1.165, 1.54) is 5.56 Å². The number of benzene rings is 1. The lowest BCUT2D eigenvalue weighted by Gasteiger charge is -2.31. The summed E-state index contributed by atoms with van der Waals surface area (Å²) in [4.78, 5) is 17.2. The molecular formula is C20H30ClN3O2. The zero-order valence-corrected chi connectivity index (χ0v) is 16.2. The van der Waals surface area contributed by atoms with Crippen LogP contribution in [0, 0.1) is 5.92 Å². The molecule has 0 bridgehead atoms. The maximum Gasteiger partial charge on any atom is 0.223 e. The number of piperidine rings is 1. The van der Waals surface area contributed by atoms with Gasteiger partial charge in [-0.3, -0.25) is 14.6 Å². The first-order valence-corrected chi connectivity index (χ1v) is 10.1. The molecule has 5 nitrogen and oxygen atoms in total. The normalized spacial score (nSPS) is 20.2. The fourth-order valence-electron chi connectivity index (χ4n) is 3.73. The highest BCUT2D eigenvalue weighted by Crippen LogP contribution is 2.20. The summed E-state index contributed by atoms with van der Waals surface area (Å²) < 4.78 is 5.35. The van der Waals surface area contributed by atoms with E-state index < -0.39 is 0 Å². The van der Waals surface area contributed by atoms with Gasteiger partial charge in [0, 0.05) is 37.1 Å². The van der Waals surface area contributed by atoms with E-state index >= 15 is 0 Å². The van der Waals surface area contributed by atoms with Gasteiger partial charge in [-0.15, -0.1) is 0 Å². The van der Waals surface area contributed by atoms with Gasteiger partial charge < -0.3 is 10.1 Å². The molecule has 0 saturated carbocycles. The molecule has 0 unspecified atom stereocenters. The highest BCUT2D eigenvalue weighted by molar-refractivity contribution is 6.30. The number of morpholine rings is 1. The summed E-state index contributed by atoms with van der Waals surface area (Å²) in [5.74, 6) is 0.392. The second kappa shape index (κ2) is 10.3. The van der Waals surface area contributed by atoms with Crippen LogP contribution >= 0.6 is 11.6 Å². The number of ether oxygens (including phenoxy) is 1. The third-order valence-electron chi connectivity index (χ3n) is 5.31. The molecule has 2 saturated heterocycles. The Morgan fingerprint density at radius 2 is 1.92 bits per heavy atom. The first-order chi connectivity index (χ1) is 12.7. The molecule has 6 heteroatoms. The molecule has 0 aromatic heterocycles. The molecule has 26 heavy (non-hydrogen) atoms. The fraction of sp³-hybridized carbons (Fsp3) is 0.650. The maximum absolute atomic E-state index is 12.4. The van der Waals surface area contributed by atoms with Crippen LogP contribution in [-0.4, -0.2) is 68.2 Å². The summed E-state index contributed by atoms with van der Waals surface area (Å²) >= 11 is 6.06. The van der Waals surface area contributed by atoms with Gasteiger partial charge in [-0.1, -0.05) is 23.7 Å². The van der Waals surface area contributed by atoms with Crippen molar-refractivity contribution in [1.29, 1.82) is 0 Å². The highest BCUT2D eigenvalue weighted by atomic mass is 35.5. The molecule has 2 fully saturated rings. The quantitative estimate of drug-likeness (QED) is 0.739. The molecular weight excluding hydrogens is 350 g/mol. The summed E-state index contributed by atoms with van der Waals surface area (Å²) in [6.07, 6.45) is 2.89. The van der Waals surface area contributed by atoms with Crippen LogP contribution in [0.5, 0.6) is 0 Å². The summed E-state index contributed by atoms with van der Waals surface area (Å²) in [6.45, 7) is 8.37. The SMILES string of the molecule is O=C(NCCCN1CCOCC1)C1CCN(Cc2cccc(Cl)c2)CC1. The number of carbonyl (C=O) groups excluding carboxylic acids is 1. The number of nitrogens with zero attached hydrogens (tertiary/aromatic N) is 2. The number of halogens is 1. The molecule has 144 valence electrons. The molecule has 0 radical (unpaired) electrons. The van der Waals surface area contributed by atoms with Crippen LogP contribution < -0.4 is 5.32 Å². The average Bonchev–Trinajstić information content (AvgIpc) is 2.66. The number of likely N-dealkylation sites (tertiary alicyclic amines) is 1. The number of amides is 1. The van der Waals surface area contributed by atoms with E-state index in [0.29, 0.717) is 0 Å². The number of rotatable bonds is 7. The van der Waals surface area contributed by atoms with E-state index in [2.05, 4.69) is 21.2 Å². The first-order valence-electron chi connectivity index (χ1n) is 9.75. The van der Waals surface area contributed by atoms with Crippen LogP contribution in [0.25, 0.3) is 0 Å². The first kappa shape index (κ1) is 19.6. The Balaban J connectivity index is 1.30. The van der Waals surface area contributed by atoms with E-state index in [1.807, 2.05) is 18.2 Å². The lowest BCUT2D eigenvalue weighted by Crippen LogP contribution is -2.41. The minimum absolute atomic E-state index is 0.161. The van der Waals surface area contributed by atoms with Crippen LogP contribution in [0.4, 0.5) is 0 Å². The topological polar surface area (TPSA) is 44.8 Å². The van der Waals surface area contributed by atoms with Crippen molar-refractivity contribution in [2.45, 2.75) is 25.8 Å². The van der Waals surface area contributed by atoms with Crippen LogP contribution in [0.3, 0.4) is 0 Å². The van der Waals surface area contributed by atoms with Crippen molar-refractivity contribution in [1.82, 2.24) is 15.1 Å². The Kier molecular flexibility index (Phi) is 7.74. The summed E-state index contributed by atoms with van der Waals surface area (Å²) in [7, 11) is 0. The number of hydrogen-bond donors (Lipinski definition) is 1. The fourth-order valence-corrected chi connectivity index (χ4v) is 3.94. The van der Waals surface area contributed by atoms with Crippen molar-refractivity contribution in [3.63, 3.8) is 0 Å². The van der Waals surface area contributed by atoms with Gasteiger partial charge in [-0.25, -0.2) is 0 Å². The molecule has 3 rings (SSSR count). The molecule has 1 amide bonds. The molecule has 0 spiro atoms. The van der Waals surface area contributed by atoms with Crippen molar-refractivity contribution >= 4 is 17.5 Å². The lowest BCUT2D eigenvalue weighted by molar-refractivity contribution is -0.126. The number of carbonyl (C=O) groups is 1. The Morgan fingerprint density at radius 1 is 1.15 bits per heavy atom. The van der Waals surface area contributed by atoms with Crippen molar-refractivity contribution in [2.24, 2.45) is 5.92 Å². The Morgan fingerprint density at radius 3 is 2.65 bits per heavy atom. The van der Waals surface area contributed by atoms with E-state index in [9.17, 15) is 4.79 Å². The largest absolute Gasteiger partial charge is 0.379 e. The maximum atomic E-state index is 12.4. The molecule has 1 N–H and O–H groups in total. The Hall–Kier alpha value is -1.14. The molecule has 1 aromatic carbocycles. The van der Waals surface area contributed by atoms with E-state index in [-0.39, 0.29) is 11.8 Å². The average molecular weight is 380 g/mol.